The minimum atomic E-state index is -0.420. The number of para-hydroxylation sites is 1. The maximum absolute atomic E-state index is 12.8. The zero-order valence-corrected chi connectivity index (χ0v) is 12.8. The number of hydrogen-bond acceptors (Lipinski definition) is 3. The Balaban J connectivity index is 1.59. The van der Waals surface area contributed by atoms with E-state index in [9.17, 15) is 9.18 Å². The highest BCUT2D eigenvalue weighted by molar-refractivity contribution is 5.88. The molecule has 23 heavy (non-hydrogen) atoms. The van der Waals surface area contributed by atoms with Gasteiger partial charge in [-0.2, -0.15) is 0 Å². The molecule has 1 N–H and O–H groups in total. The van der Waals surface area contributed by atoms with Crippen molar-refractivity contribution in [3.05, 3.63) is 54.5 Å². The number of rotatable bonds is 2. The number of anilines is 2. The summed E-state index contributed by atoms with van der Waals surface area (Å²) in [4.78, 5) is 20.2. The summed E-state index contributed by atoms with van der Waals surface area (Å²) in [6, 6.07) is 12.7. The summed E-state index contributed by atoms with van der Waals surface area (Å²) in [6.07, 6.45) is 1.99. The van der Waals surface area contributed by atoms with E-state index in [4.69, 9.17) is 0 Å². The van der Waals surface area contributed by atoms with Gasteiger partial charge in [0, 0.05) is 31.9 Å². The van der Waals surface area contributed by atoms with E-state index in [1.165, 1.54) is 17.8 Å². The number of nitrogens with one attached hydrogen (secondary N) is 1. The molecule has 2 heterocycles. The highest BCUT2D eigenvalue weighted by atomic mass is 19.1. The second-order valence-corrected chi connectivity index (χ2v) is 5.46. The molecule has 1 aromatic carbocycles. The maximum atomic E-state index is 12.8. The predicted octanol–water partition coefficient (Wildman–Crippen LogP) is 2.96. The lowest BCUT2D eigenvalue weighted by atomic mass is 10.3. The molecule has 1 fully saturated rings. The molecule has 2 aromatic rings. The van der Waals surface area contributed by atoms with Crippen LogP contribution >= 0.6 is 0 Å². The first-order chi connectivity index (χ1) is 11.2. The first-order valence-electron chi connectivity index (χ1n) is 7.70. The van der Waals surface area contributed by atoms with Crippen molar-refractivity contribution < 1.29 is 9.18 Å². The molecule has 0 saturated carbocycles. The van der Waals surface area contributed by atoms with Crippen LogP contribution in [0.2, 0.25) is 0 Å². The zero-order valence-electron chi connectivity index (χ0n) is 12.8. The van der Waals surface area contributed by atoms with Crippen LogP contribution in [-0.2, 0) is 0 Å². The van der Waals surface area contributed by atoms with E-state index in [0.717, 1.165) is 25.7 Å². The Morgan fingerprint density at radius 3 is 2.61 bits per heavy atom. The molecule has 0 unspecified atom stereocenters. The van der Waals surface area contributed by atoms with E-state index in [1.54, 1.807) is 4.90 Å². The summed E-state index contributed by atoms with van der Waals surface area (Å²) in [5.74, 6) is -0.0585. The van der Waals surface area contributed by atoms with Gasteiger partial charge in [-0.15, -0.1) is 0 Å². The lowest BCUT2D eigenvalue weighted by Gasteiger charge is -2.23. The van der Waals surface area contributed by atoms with Crippen molar-refractivity contribution in [1.29, 1.82) is 0 Å². The normalized spacial score (nSPS) is 15.2. The number of urea groups is 1. The number of carbonyl (C=O) groups is 1. The van der Waals surface area contributed by atoms with Crippen LogP contribution in [0.3, 0.4) is 0 Å². The van der Waals surface area contributed by atoms with Crippen molar-refractivity contribution in [2.24, 2.45) is 0 Å². The van der Waals surface area contributed by atoms with Crippen molar-refractivity contribution in [1.82, 2.24) is 9.88 Å². The molecule has 0 aliphatic carbocycles. The highest BCUT2D eigenvalue weighted by Gasteiger charge is 2.19. The molecule has 0 bridgehead atoms. The van der Waals surface area contributed by atoms with E-state index < -0.39 is 5.82 Å². The summed E-state index contributed by atoms with van der Waals surface area (Å²) in [5, 5.41) is 2.71. The standard InChI is InChI=1S/C17H19FN4O/c18-14-7-8-16(19-13-14)20-17(23)22-10-4-9-21(11-12-22)15-5-2-1-3-6-15/h1-3,5-8,13H,4,9-12H2,(H,19,20,23). The number of nitrogens with zero attached hydrogens (tertiary/aromatic N) is 3. The molecule has 120 valence electrons. The van der Waals surface area contributed by atoms with Crippen LogP contribution in [0.25, 0.3) is 0 Å². The third kappa shape index (κ3) is 3.97. The third-order valence-corrected chi connectivity index (χ3v) is 3.87. The average Bonchev–Trinajstić information content (AvgIpc) is 2.84. The number of hydrogen-bond donors (Lipinski definition) is 1. The fourth-order valence-corrected chi connectivity index (χ4v) is 2.66. The minimum Gasteiger partial charge on any atom is -0.370 e. The first-order valence-corrected chi connectivity index (χ1v) is 7.70. The molecule has 0 spiro atoms. The third-order valence-electron chi connectivity index (χ3n) is 3.87. The van der Waals surface area contributed by atoms with Gasteiger partial charge in [0.2, 0.25) is 0 Å². The Bertz CT molecular complexity index is 647. The van der Waals surface area contributed by atoms with Crippen molar-refractivity contribution in [3.63, 3.8) is 0 Å². The molecule has 2 amide bonds. The maximum Gasteiger partial charge on any atom is 0.323 e. The van der Waals surface area contributed by atoms with Gasteiger partial charge >= 0.3 is 6.03 Å². The fourth-order valence-electron chi connectivity index (χ4n) is 2.66. The number of halogens is 1. The van der Waals surface area contributed by atoms with Crippen LogP contribution in [0.4, 0.5) is 20.7 Å². The zero-order chi connectivity index (χ0) is 16.1. The average molecular weight is 314 g/mol. The number of aromatic nitrogens is 1. The van der Waals surface area contributed by atoms with Gasteiger partial charge in [-0.05, 0) is 30.7 Å². The summed E-state index contributed by atoms with van der Waals surface area (Å²) >= 11 is 0. The second kappa shape index (κ2) is 7.09. The van der Waals surface area contributed by atoms with Crippen molar-refractivity contribution in [2.75, 3.05) is 36.4 Å². The number of amides is 2. The Labute approximate surface area is 134 Å². The molecule has 0 radical (unpaired) electrons. The van der Waals surface area contributed by atoms with E-state index >= 15 is 0 Å². The van der Waals surface area contributed by atoms with E-state index in [0.29, 0.717) is 18.9 Å². The van der Waals surface area contributed by atoms with Crippen LogP contribution in [0.15, 0.2) is 48.7 Å². The molecular formula is C17H19FN4O. The van der Waals surface area contributed by atoms with Gasteiger partial charge in [0.25, 0.3) is 0 Å². The van der Waals surface area contributed by atoms with Crippen LogP contribution in [0, 0.1) is 5.82 Å². The Morgan fingerprint density at radius 1 is 1.04 bits per heavy atom. The molecule has 1 aliphatic heterocycles. The Hall–Kier alpha value is -2.63. The van der Waals surface area contributed by atoms with Gasteiger partial charge in [0.05, 0.1) is 6.20 Å². The number of pyridine rings is 1. The van der Waals surface area contributed by atoms with Crippen molar-refractivity contribution in [2.45, 2.75) is 6.42 Å². The fraction of sp³-hybridized carbons (Fsp3) is 0.294. The van der Waals surface area contributed by atoms with Gasteiger partial charge < -0.3 is 9.80 Å². The van der Waals surface area contributed by atoms with Crippen LogP contribution in [-0.4, -0.2) is 42.1 Å². The van der Waals surface area contributed by atoms with Gasteiger partial charge in [-0.25, -0.2) is 14.2 Å². The summed E-state index contributed by atoms with van der Waals surface area (Å²) in [6.45, 7) is 3.04. The van der Waals surface area contributed by atoms with E-state index in [-0.39, 0.29) is 6.03 Å². The van der Waals surface area contributed by atoms with Crippen LogP contribution < -0.4 is 10.2 Å². The molecule has 1 saturated heterocycles. The predicted molar refractivity (Wildman–Crippen MR) is 88.1 cm³/mol. The lowest BCUT2D eigenvalue weighted by Crippen LogP contribution is -2.38. The number of carbonyl (C=O) groups excluding carboxylic acids is 1. The summed E-state index contributed by atoms with van der Waals surface area (Å²) in [5.41, 5.74) is 1.18. The molecule has 1 aromatic heterocycles. The Morgan fingerprint density at radius 2 is 1.87 bits per heavy atom. The highest BCUT2D eigenvalue weighted by Crippen LogP contribution is 2.16. The molecule has 1 aliphatic rings. The lowest BCUT2D eigenvalue weighted by molar-refractivity contribution is 0.215. The number of benzene rings is 1. The molecule has 5 nitrogen and oxygen atoms in total. The summed E-state index contributed by atoms with van der Waals surface area (Å²) in [7, 11) is 0. The quantitative estimate of drug-likeness (QED) is 0.927. The van der Waals surface area contributed by atoms with Crippen LogP contribution in [0.1, 0.15) is 6.42 Å². The molecule has 6 heteroatoms. The first kappa shape index (κ1) is 15.3. The minimum absolute atomic E-state index is 0.195. The second-order valence-electron chi connectivity index (χ2n) is 5.46. The molecular weight excluding hydrogens is 295 g/mol. The smallest absolute Gasteiger partial charge is 0.323 e. The van der Waals surface area contributed by atoms with E-state index in [2.05, 4.69) is 27.3 Å². The van der Waals surface area contributed by atoms with Crippen molar-refractivity contribution >= 4 is 17.5 Å². The Kier molecular flexibility index (Phi) is 4.71. The van der Waals surface area contributed by atoms with Crippen LogP contribution in [0.5, 0.6) is 0 Å². The summed E-state index contributed by atoms with van der Waals surface area (Å²) < 4.78 is 12.8. The SMILES string of the molecule is O=C(Nc1ccc(F)cn1)N1CCCN(c2ccccc2)CC1. The van der Waals surface area contributed by atoms with Gasteiger partial charge in [-0.1, -0.05) is 18.2 Å². The van der Waals surface area contributed by atoms with Gasteiger partial charge in [0.15, 0.2) is 0 Å². The molecule has 0 atom stereocenters. The largest absolute Gasteiger partial charge is 0.370 e. The monoisotopic (exact) mass is 314 g/mol. The topological polar surface area (TPSA) is 48.5 Å². The van der Waals surface area contributed by atoms with E-state index in [1.807, 2.05) is 18.2 Å². The van der Waals surface area contributed by atoms with Gasteiger partial charge in [0.1, 0.15) is 11.6 Å². The van der Waals surface area contributed by atoms with Crippen molar-refractivity contribution in [3.8, 4) is 0 Å². The molecule has 3 rings (SSSR count). The van der Waals surface area contributed by atoms with Gasteiger partial charge in [-0.3, -0.25) is 5.32 Å².